The minimum atomic E-state index is -0.593. The number of furan rings is 1. The van der Waals surface area contributed by atoms with Crippen molar-refractivity contribution in [2.75, 3.05) is 27.4 Å². The Morgan fingerprint density at radius 3 is 2.16 bits per heavy atom. The minimum absolute atomic E-state index is 0.0412. The zero-order chi connectivity index (χ0) is 31.3. The van der Waals surface area contributed by atoms with E-state index < -0.39 is 12.1 Å². The van der Waals surface area contributed by atoms with Crippen LogP contribution in [-0.2, 0) is 16.1 Å². The normalized spacial score (nSPS) is 11.9. The first kappa shape index (κ1) is 29.6. The Hall–Kier alpha value is -5.44. The molecule has 5 aromatic rings. The van der Waals surface area contributed by atoms with E-state index in [2.05, 4.69) is 29.6 Å². The number of esters is 1. The van der Waals surface area contributed by atoms with E-state index in [4.69, 9.17) is 28.1 Å². The van der Waals surface area contributed by atoms with Gasteiger partial charge in [-0.1, -0.05) is 48.5 Å². The third kappa shape index (κ3) is 6.43. The summed E-state index contributed by atoms with van der Waals surface area (Å²) in [6.07, 6.45) is -0.650. The summed E-state index contributed by atoms with van der Waals surface area (Å²) in [6.45, 7) is 2.35. The van der Waals surface area contributed by atoms with Crippen molar-refractivity contribution in [1.82, 2.24) is 5.32 Å². The molecule has 1 heterocycles. The molecule has 0 atom stereocenters. The highest BCUT2D eigenvalue weighted by molar-refractivity contribution is 5.85. The van der Waals surface area contributed by atoms with Gasteiger partial charge in [-0.05, 0) is 59.0 Å². The van der Waals surface area contributed by atoms with Gasteiger partial charge in [0, 0.05) is 35.5 Å². The van der Waals surface area contributed by atoms with Gasteiger partial charge in [0.15, 0.2) is 0 Å². The number of amides is 1. The highest BCUT2D eigenvalue weighted by Gasteiger charge is 2.29. The Morgan fingerprint density at radius 2 is 1.49 bits per heavy atom. The highest BCUT2D eigenvalue weighted by Crippen LogP contribution is 2.44. The lowest BCUT2D eigenvalue weighted by Gasteiger charge is -2.14. The van der Waals surface area contributed by atoms with Crippen LogP contribution in [0.2, 0.25) is 0 Å². The maximum atomic E-state index is 12.6. The van der Waals surface area contributed by atoms with Gasteiger partial charge in [0.1, 0.15) is 36.0 Å². The van der Waals surface area contributed by atoms with E-state index in [1.807, 2.05) is 55.5 Å². The van der Waals surface area contributed by atoms with E-state index in [1.165, 1.54) is 0 Å². The molecule has 1 N–H and O–H groups in total. The number of alkyl carbamates (subject to hydrolysis) is 1. The van der Waals surface area contributed by atoms with Crippen LogP contribution in [0.3, 0.4) is 0 Å². The van der Waals surface area contributed by atoms with Crippen molar-refractivity contribution in [2.24, 2.45) is 0 Å². The second kappa shape index (κ2) is 13.1. The van der Waals surface area contributed by atoms with Crippen LogP contribution in [0.15, 0.2) is 89.3 Å². The van der Waals surface area contributed by atoms with Gasteiger partial charge in [-0.25, -0.2) is 4.79 Å². The summed E-state index contributed by atoms with van der Waals surface area (Å²) in [7, 11) is 3.19. The van der Waals surface area contributed by atoms with E-state index >= 15 is 0 Å². The third-order valence-electron chi connectivity index (χ3n) is 7.83. The fourth-order valence-corrected chi connectivity index (χ4v) is 5.56. The van der Waals surface area contributed by atoms with Crippen molar-refractivity contribution in [2.45, 2.75) is 25.9 Å². The number of fused-ring (bicyclic) bond motifs is 4. The monoisotopic (exact) mass is 607 g/mol. The molecule has 4 aromatic carbocycles. The molecule has 6 rings (SSSR count). The van der Waals surface area contributed by atoms with Gasteiger partial charge < -0.3 is 33.4 Å². The van der Waals surface area contributed by atoms with Gasteiger partial charge in [-0.15, -0.1) is 0 Å². The smallest absolute Gasteiger partial charge is 0.407 e. The van der Waals surface area contributed by atoms with Crippen LogP contribution < -0.4 is 24.3 Å². The Kier molecular flexibility index (Phi) is 8.59. The zero-order valence-corrected chi connectivity index (χ0v) is 25.3. The molecule has 1 amide bonds. The number of methoxy groups -OCH3 is 2. The number of ether oxygens (including phenoxy) is 5. The lowest BCUT2D eigenvalue weighted by molar-refractivity contribution is -0.135. The second-order valence-corrected chi connectivity index (χ2v) is 10.7. The summed E-state index contributed by atoms with van der Waals surface area (Å²) in [4.78, 5) is 25.0. The molecule has 1 aromatic heterocycles. The van der Waals surface area contributed by atoms with E-state index in [9.17, 15) is 9.59 Å². The summed E-state index contributed by atoms with van der Waals surface area (Å²) in [5, 5.41) is 3.43. The standard InChI is InChI=1S/C36H33NO8/c1-22-27-13-12-24(42-20-23-16-25(40-2)18-26(17-23)41-3)19-33(27)44-35(22)45-34(38)14-15-37-36(39)43-21-32-30-10-6-4-8-28(30)29-9-5-7-11-31(29)32/h4-13,16-19,32H,14-15,20-21H2,1-3H3,(H,37,39). The highest BCUT2D eigenvalue weighted by atomic mass is 16.6. The number of benzene rings is 4. The number of rotatable bonds is 11. The summed E-state index contributed by atoms with van der Waals surface area (Å²) >= 11 is 0. The Balaban J connectivity index is 0.995. The Labute approximate surface area is 260 Å². The van der Waals surface area contributed by atoms with Gasteiger partial charge in [0.25, 0.3) is 5.95 Å². The molecule has 0 aliphatic heterocycles. The molecule has 9 nitrogen and oxygen atoms in total. The minimum Gasteiger partial charge on any atom is -0.497 e. The van der Waals surface area contributed by atoms with Crippen molar-refractivity contribution in [3.05, 3.63) is 107 Å². The maximum absolute atomic E-state index is 12.6. The lowest BCUT2D eigenvalue weighted by Crippen LogP contribution is -2.29. The summed E-state index contributed by atoms with van der Waals surface area (Å²) < 4.78 is 33.5. The first-order valence-corrected chi connectivity index (χ1v) is 14.6. The van der Waals surface area contributed by atoms with E-state index in [0.29, 0.717) is 28.4 Å². The lowest BCUT2D eigenvalue weighted by atomic mass is 9.98. The average molecular weight is 608 g/mol. The number of carbonyl (C=O) groups excluding carboxylic acids is 2. The number of nitrogens with one attached hydrogen (secondary N) is 1. The number of hydrogen-bond donors (Lipinski definition) is 1. The van der Waals surface area contributed by atoms with Crippen molar-refractivity contribution >= 4 is 23.0 Å². The molecule has 0 fully saturated rings. The molecule has 230 valence electrons. The van der Waals surface area contributed by atoms with Crippen LogP contribution in [0.25, 0.3) is 22.1 Å². The molecule has 0 saturated carbocycles. The van der Waals surface area contributed by atoms with Crippen LogP contribution >= 0.6 is 0 Å². The molecule has 1 aliphatic carbocycles. The molecule has 9 heteroatoms. The topological polar surface area (TPSA) is 105 Å². The Morgan fingerprint density at radius 1 is 0.822 bits per heavy atom. The van der Waals surface area contributed by atoms with E-state index in [1.54, 1.807) is 26.4 Å². The second-order valence-electron chi connectivity index (χ2n) is 10.7. The van der Waals surface area contributed by atoms with Crippen molar-refractivity contribution < 1.29 is 37.7 Å². The van der Waals surface area contributed by atoms with Crippen molar-refractivity contribution in [3.8, 4) is 34.3 Å². The van der Waals surface area contributed by atoms with E-state index in [0.717, 1.165) is 33.2 Å². The van der Waals surface area contributed by atoms with Gasteiger partial charge in [0.2, 0.25) is 0 Å². The fourth-order valence-electron chi connectivity index (χ4n) is 5.56. The van der Waals surface area contributed by atoms with Crippen LogP contribution in [0, 0.1) is 6.92 Å². The average Bonchev–Trinajstić information content (AvgIpc) is 3.55. The van der Waals surface area contributed by atoms with Crippen LogP contribution in [0.5, 0.6) is 23.2 Å². The summed E-state index contributed by atoms with van der Waals surface area (Å²) in [5.74, 6) is 1.45. The SMILES string of the molecule is COc1cc(COc2ccc3c(C)c(OC(=O)CCNC(=O)OCC4c5ccccc5-c5ccccc54)oc3c2)cc(OC)c1. The summed E-state index contributed by atoms with van der Waals surface area (Å²) in [5.41, 5.74) is 6.66. The number of hydrogen-bond acceptors (Lipinski definition) is 8. The first-order valence-electron chi connectivity index (χ1n) is 14.6. The van der Waals surface area contributed by atoms with Gasteiger partial charge in [-0.2, -0.15) is 0 Å². The van der Waals surface area contributed by atoms with Crippen LogP contribution in [0.4, 0.5) is 4.79 Å². The molecule has 45 heavy (non-hydrogen) atoms. The fraction of sp³-hybridized carbons (Fsp3) is 0.222. The summed E-state index contributed by atoms with van der Waals surface area (Å²) in [6, 6.07) is 27.2. The van der Waals surface area contributed by atoms with Gasteiger partial charge >= 0.3 is 12.1 Å². The largest absolute Gasteiger partial charge is 0.497 e. The molecule has 0 radical (unpaired) electrons. The first-order chi connectivity index (χ1) is 21.9. The predicted octanol–water partition coefficient (Wildman–Crippen LogP) is 7.17. The van der Waals surface area contributed by atoms with Crippen molar-refractivity contribution in [1.29, 1.82) is 0 Å². The molecule has 0 saturated heterocycles. The van der Waals surface area contributed by atoms with Crippen molar-refractivity contribution in [3.63, 3.8) is 0 Å². The van der Waals surface area contributed by atoms with Gasteiger partial charge in [-0.3, -0.25) is 4.79 Å². The molecular formula is C36H33NO8. The predicted molar refractivity (Wildman–Crippen MR) is 168 cm³/mol. The maximum Gasteiger partial charge on any atom is 0.407 e. The molecule has 1 aliphatic rings. The third-order valence-corrected chi connectivity index (χ3v) is 7.83. The quantitative estimate of drug-likeness (QED) is 0.158. The van der Waals surface area contributed by atoms with E-state index in [-0.39, 0.29) is 38.0 Å². The Bertz CT molecular complexity index is 1790. The molecule has 0 bridgehead atoms. The number of aryl methyl sites for hydroxylation is 1. The molecule has 0 spiro atoms. The van der Waals surface area contributed by atoms with Gasteiger partial charge in [0.05, 0.1) is 20.6 Å². The zero-order valence-electron chi connectivity index (χ0n) is 25.3. The van der Waals surface area contributed by atoms with Crippen LogP contribution in [0.1, 0.15) is 34.6 Å². The number of carbonyl (C=O) groups is 2. The molecular weight excluding hydrogens is 574 g/mol. The van der Waals surface area contributed by atoms with Crippen LogP contribution in [-0.4, -0.2) is 39.4 Å². The molecule has 0 unspecified atom stereocenters.